The third-order valence-corrected chi connectivity index (χ3v) is 9.18. The van der Waals surface area contributed by atoms with Gasteiger partial charge in [0.15, 0.2) is 23.1 Å². The van der Waals surface area contributed by atoms with Crippen molar-refractivity contribution >= 4 is 32.7 Å². The van der Waals surface area contributed by atoms with Crippen molar-refractivity contribution in [2.75, 3.05) is 0 Å². The number of para-hydroxylation sites is 1. The molecule has 0 unspecified atom stereocenters. The van der Waals surface area contributed by atoms with Gasteiger partial charge in [-0.3, -0.25) is 4.98 Å². The van der Waals surface area contributed by atoms with Gasteiger partial charge in [-0.05, 0) is 56.3 Å². The van der Waals surface area contributed by atoms with E-state index in [1.165, 1.54) is 38.6 Å². The molecule has 3 heterocycles. The van der Waals surface area contributed by atoms with E-state index in [0.29, 0.717) is 23.1 Å². The first kappa shape index (κ1) is 25.8. The van der Waals surface area contributed by atoms with E-state index >= 15 is 0 Å². The molecule has 9 aromatic rings. The number of pyridine rings is 1. The third kappa shape index (κ3) is 4.03. The van der Waals surface area contributed by atoms with Gasteiger partial charge < -0.3 is 4.42 Å². The minimum atomic E-state index is 0.551. The normalized spacial score (nSPS) is 11.8. The van der Waals surface area contributed by atoms with Gasteiger partial charge in [0.25, 0.3) is 0 Å². The summed E-state index contributed by atoms with van der Waals surface area (Å²) in [4.78, 5) is 19.4. The monoisotopic (exact) mass is 600 g/mol. The number of hydrogen-bond acceptors (Lipinski definition) is 5. The first-order chi connectivity index (χ1) is 23.3. The highest BCUT2D eigenvalue weighted by Gasteiger charge is 2.22. The Morgan fingerprint density at radius 2 is 1.04 bits per heavy atom. The van der Waals surface area contributed by atoms with Crippen molar-refractivity contribution in [3.63, 3.8) is 0 Å². The van der Waals surface area contributed by atoms with Gasteiger partial charge in [-0.25, -0.2) is 15.0 Å². The summed E-state index contributed by atoms with van der Waals surface area (Å²) in [6.45, 7) is 0. The van der Waals surface area contributed by atoms with E-state index in [4.69, 9.17) is 19.4 Å². The average molecular weight is 601 g/mol. The first-order valence-electron chi connectivity index (χ1n) is 15.6. The molecular formula is C42H24N4O. The van der Waals surface area contributed by atoms with E-state index in [1.807, 2.05) is 54.7 Å². The highest BCUT2D eigenvalue weighted by atomic mass is 16.3. The number of nitrogens with zero attached hydrogens (tertiary/aromatic N) is 4. The van der Waals surface area contributed by atoms with Gasteiger partial charge in [-0.15, -0.1) is 0 Å². The maximum Gasteiger partial charge on any atom is 0.166 e. The van der Waals surface area contributed by atoms with Gasteiger partial charge in [0.05, 0.1) is 6.20 Å². The molecule has 5 heteroatoms. The molecule has 3 aromatic heterocycles. The van der Waals surface area contributed by atoms with Crippen LogP contribution in [0.2, 0.25) is 0 Å². The minimum Gasteiger partial charge on any atom is -0.454 e. The van der Waals surface area contributed by atoms with Crippen LogP contribution in [0.1, 0.15) is 0 Å². The molecule has 6 aromatic carbocycles. The molecule has 0 atom stereocenters. The number of hydrogen-bond donors (Lipinski definition) is 0. The summed E-state index contributed by atoms with van der Waals surface area (Å²) >= 11 is 0. The van der Waals surface area contributed by atoms with E-state index in [0.717, 1.165) is 38.6 Å². The van der Waals surface area contributed by atoms with E-state index in [-0.39, 0.29) is 0 Å². The van der Waals surface area contributed by atoms with Crippen molar-refractivity contribution in [2.24, 2.45) is 0 Å². The van der Waals surface area contributed by atoms with Crippen LogP contribution in [0, 0.1) is 0 Å². The van der Waals surface area contributed by atoms with Crippen molar-refractivity contribution in [2.45, 2.75) is 0 Å². The van der Waals surface area contributed by atoms with Crippen LogP contribution in [0.5, 0.6) is 0 Å². The molecule has 0 aliphatic heterocycles. The standard InChI is InChI=1S/C42H24N4O/c1-2-8-27(9-3-1)40-44-41(46-42(45-40)35-23-43-24-37-39(35)33-12-4-5-15-36(33)47-37)28-18-16-25(17-19-28)29-20-21-30-31-13-6-10-26-11-7-14-32(38(26)31)34(30)22-29/h1-24H. The molecular weight excluding hydrogens is 576 g/mol. The summed E-state index contributed by atoms with van der Waals surface area (Å²) in [6, 6.07) is 46.4. The summed E-state index contributed by atoms with van der Waals surface area (Å²) in [5.41, 5.74) is 11.6. The van der Waals surface area contributed by atoms with Crippen molar-refractivity contribution in [3.05, 3.63) is 146 Å². The molecule has 0 N–H and O–H groups in total. The van der Waals surface area contributed by atoms with Crippen LogP contribution in [0.25, 0.3) is 100 Å². The van der Waals surface area contributed by atoms with Crippen LogP contribution < -0.4 is 0 Å². The summed E-state index contributed by atoms with van der Waals surface area (Å²) in [7, 11) is 0. The first-order valence-corrected chi connectivity index (χ1v) is 15.6. The second-order valence-corrected chi connectivity index (χ2v) is 11.9. The number of fused-ring (bicyclic) bond motifs is 6. The van der Waals surface area contributed by atoms with Crippen molar-refractivity contribution < 1.29 is 4.42 Å². The summed E-state index contributed by atoms with van der Waals surface area (Å²) in [6.07, 6.45) is 3.56. The maximum absolute atomic E-state index is 6.13. The van der Waals surface area contributed by atoms with Crippen molar-refractivity contribution in [1.29, 1.82) is 0 Å². The van der Waals surface area contributed by atoms with Gasteiger partial charge in [-0.1, -0.05) is 121 Å². The Balaban J connectivity index is 1.09. The second-order valence-electron chi connectivity index (χ2n) is 11.9. The molecule has 0 amide bonds. The zero-order chi connectivity index (χ0) is 30.9. The van der Waals surface area contributed by atoms with Crippen LogP contribution in [-0.2, 0) is 0 Å². The summed E-state index contributed by atoms with van der Waals surface area (Å²) in [5, 5.41) is 4.56. The van der Waals surface area contributed by atoms with Crippen LogP contribution >= 0.6 is 0 Å². The van der Waals surface area contributed by atoms with E-state index in [9.17, 15) is 0 Å². The van der Waals surface area contributed by atoms with Crippen LogP contribution in [0.15, 0.2) is 150 Å². The number of furan rings is 1. The Bertz CT molecular complexity index is 2670. The van der Waals surface area contributed by atoms with E-state index < -0.39 is 0 Å². The number of aromatic nitrogens is 4. The molecule has 1 aliphatic rings. The summed E-state index contributed by atoms with van der Waals surface area (Å²) in [5.74, 6) is 1.75. The highest BCUT2D eigenvalue weighted by molar-refractivity contribution is 6.15. The Kier molecular flexibility index (Phi) is 5.51. The topological polar surface area (TPSA) is 64.7 Å². The number of benzene rings is 6. The molecule has 0 saturated heterocycles. The minimum absolute atomic E-state index is 0.551. The molecule has 1 aliphatic carbocycles. The molecule has 218 valence electrons. The summed E-state index contributed by atoms with van der Waals surface area (Å²) < 4.78 is 6.13. The second kappa shape index (κ2) is 10.0. The molecule has 0 fully saturated rings. The Labute approximate surface area is 269 Å². The average Bonchev–Trinajstić information content (AvgIpc) is 3.69. The van der Waals surface area contributed by atoms with Gasteiger partial charge >= 0.3 is 0 Å². The van der Waals surface area contributed by atoms with Gasteiger partial charge in [0, 0.05) is 33.7 Å². The SMILES string of the molecule is c1ccc(-c2nc(-c3ccc(-c4ccc5c(c4)-c4cccc6cccc-5c46)cc3)nc(-c3cncc4oc5ccccc5c34)n2)cc1. The predicted molar refractivity (Wildman–Crippen MR) is 189 cm³/mol. The predicted octanol–water partition coefficient (Wildman–Crippen LogP) is 10.6. The van der Waals surface area contributed by atoms with Crippen molar-refractivity contribution in [3.8, 4) is 67.5 Å². The number of rotatable bonds is 4. The third-order valence-electron chi connectivity index (χ3n) is 9.18. The molecule has 0 bridgehead atoms. The highest BCUT2D eigenvalue weighted by Crippen LogP contribution is 2.48. The Morgan fingerprint density at radius 1 is 0.383 bits per heavy atom. The molecule has 0 saturated carbocycles. The van der Waals surface area contributed by atoms with Crippen LogP contribution in [0.3, 0.4) is 0 Å². The van der Waals surface area contributed by atoms with Gasteiger partial charge in [0.1, 0.15) is 5.58 Å². The quantitative estimate of drug-likeness (QED) is 0.201. The Morgan fingerprint density at radius 3 is 1.85 bits per heavy atom. The molecule has 10 rings (SSSR count). The molecule has 0 spiro atoms. The van der Waals surface area contributed by atoms with Gasteiger partial charge in [-0.2, -0.15) is 0 Å². The van der Waals surface area contributed by atoms with Crippen LogP contribution in [0.4, 0.5) is 0 Å². The lowest BCUT2D eigenvalue weighted by Gasteiger charge is -2.10. The smallest absolute Gasteiger partial charge is 0.166 e. The Hall–Kier alpha value is -6.46. The largest absolute Gasteiger partial charge is 0.454 e. The molecule has 47 heavy (non-hydrogen) atoms. The zero-order valence-electron chi connectivity index (χ0n) is 25.1. The van der Waals surface area contributed by atoms with Gasteiger partial charge in [0.2, 0.25) is 0 Å². The lowest BCUT2D eigenvalue weighted by Crippen LogP contribution is -2.00. The molecule has 0 radical (unpaired) electrons. The van der Waals surface area contributed by atoms with E-state index in [2.05, 4.69) is 89.9 Å². The van der Waals surface area contributed by atoms with Crippen molar-refractivity contribution in [1.82, 2.24) is 19.9 Å². The lowest BCUT2D eigenvalue weighted by atomic mass is 9.97. The fourth-order valence-electron chi connectivity index (χ4n) is 6.97. The molecule has 5 nitrogen and oxygen atoms in total. The van der Waals surface area contributed by atoms with Crippen LogP contribution in [-0.4, -0.2) is 19.9 Å². The lowest BCUT2D eigenvalue weighted by molar-refractivity contribution is 0.667. The van der Waals surface area contributed by atoms with E-state index in [1.54, 1.807) is 6.20 Å². The zero-order valence-corrected chi connectivity index (χ0v) is 25.1. The fourth-order valence-corrected chi connectivity index (χ4v) is 6.97. The fraction of sp³-hybridized carbons (Fsp3) is 0. The maximum atomic E-state index is 6.13.